The van der Waals surface area contributed by atoms with Gasteiger partial charge in [-0.3, -0.25) is 4.68 Å². The van der Waals surface area contributed by atoms with E-state index in [1.165, 1.54) is 12.1 Å². The zero-order valence-corrected chi connectivity index (χ0v) is 10.6. The van der Waals surface area contributed by atoms with Gasteiger partial charge in [0.1, 0.15) is 9.52 Å². The van der Waals surface area contributed by atoms with Gasteiger partial charge in [-0.05, 0) is 47.2 Å². The highest BCUT2D eigenvalue weighted by molar-refractivity contribution is 14.1. The van der Waals surface area contributed by atoms with E-state index in [-0.39, 0.29) is 11.9 Å². The maximum Gasteiger partial charge on any atom is 0.131 e. The molecule has 84 valence electrons. The Morgan fingerprint density at radius 3 is 3.12 bits per heavy atom. The molecule has 3 rings (SSSR count). The molecule has 0 amide bonds. The van der Waals surface area contributed by atoms with Crippen LogP contribution in [-0.2, 0) is 4.74 Å². The summed E-state index contributed by atoms with van der Waals surface area (Å²) in [5.41, 5.74) is 0.987. The summed E-state index contributed by atoms with van der Waals surface area (Å²) in [6.07, 6.45) is 0.976. The van der Waals surface area contributed by atoms with Gasteiger partial charge in [0.05, 0.1) is 18.2 Å². The highest BCUT2D eigenvalue weighted by Gasteiger charge is 2.21. The van der Waals surface area contributed by atoms with Gasteiger partial charge in [0.25, 0.3) is 0 Å². The second-order valence-electron chi connectivity index (χ2n) is 3.91. The van der Waals surface area contributed by atoms with E-state index in [1.54, 1.807) is 6.07 Å². The third-order valence-corrected chi connectivity index (χ3v) is 3.67. The highest BCUT2D eigenvalue weighted by Crippen LogP contribution is 2.27. The van der Waals surface area contributed by atoms with Crippen molar-refractivity contribution in [2.75, 3.05) is 13.2 Å². The summed E-state index contributed by atoms with van der Waals surface area (Å²) in [7, 11) is 0. The van der Waals surface area contributed by atoms with Gasteiger partial charge in [0.15, 0.2) is 0 Å². The minimum Gasteiger partial charge on any atom is -0.379 e. The van der Waals surface area contributed by atoms with Gasteiger partial charge < -0.3 is 4.74 Å². The lowest BCUT2D eigenvalue weighted by molar-refractivity contribution is 0.185. The monoisotopic (exact) mass is 332 g/mol. The van der Waals surface area contributed by atoms with Gasteiger partial charge >= 0.3 is 0 Å². The third-order valence-electron chi connectivity index (χ3n) is 2.87. The number of nitrogens with zero attached hydrogens (tertiary/aromatic N) is 2. The molecule has 16 heavy (non-hydrogen) atoms. The number of ether oxygens (including phenoxy) is 1. The molecule has 1 saturated heterocycles. The van der Waals surface area contributed by atoms with Gasteiger partial charge in [0.2, 0.25) is 0 Å². The van der Waals surface area contributed by atoms with E-state index in [0.29, 0.717) is 6.61 Å². The fraction of sp³-hybridized carbons (Fsp3) is 0.364. The Morgan fingerprint density at radius 1 is 1.50 bits per heavy atom. The minimum absolute atomic E-state index is 0.215. The van der Waals surface area contributed by atoms with Crippen LogP contribution in [0.25, 0.3) is 10.9 Å². The minimum atomic E-state index is -0.215. The molecule has 0 unspecified atom stereocenters. The van der Waals surface area contributed by atoms with E-state index in [0.717, 1.165) is 27.6 Å². The molecule has 3 nitrogen and oxygen atoms in total. The largest absolute Gasteiger partial charge is 0.379 e. The Balaban J connectivity index is 2.18. The first-order valence-electron chi connectivity index (χ1n) is 5.17. The SMILES string of the molecule is Fc1ccc2c(c1)c(I)nn2[C@@H]1CCOC1. The van der Waals surface area contributed by atoms with E-state index in [9.17, 15) is 4.39 Å². The molecule has 1 aliphatic heterocycles. The predicted molar refractivity (Wildman–Crippen MR) is 66.9 cm³/mol. The Kier molecular flexibility index (Phi) is 2.59. The van der Waals surface area contributed by atoms with E-state index >= 15 is 0 Å². The molecular formula is C11H10FIN2O. The van der Waals surface area contributed by atoms with E-state index in [1.807, 2.05) is 4.68 Å². The molecule has 0 saturated carbocycles. The molecule has 0 N–H and O–H groups in total. The van der Waals surface area contributed by atoms with Crippen molar-refractivity contribution in [3.63, 3.8) is 0 Å². The average Bonchev–Trinajstić information content (AvgIpc) is 2.87. The summed E-state index contributed by atoms with van der Waals surface area (Å²) >= 11 is 2.14. The van der Waals surface area contributed by atoms with Crippen molar-refractivity contribution in [2.45, 2.75) is 12.5 Å². The number of halogens is 2. The third kappa shape index (κ3) is 1.62. The summed E-state index contributed by atoms with van der Waals surface area (Å²) < 4.78 is 21.3. The van der Waals surface area contributed by atoms with Gasteiger partial charge in [-0.1, -0.05) is 0 Å². The summed E-state index contributed by atoms with van der Waals surface area (Å²) in [5, 5.41) is 5.35. The fourth-order valence-electron chi connectivity index (χ4n) is 2.07. The van der Waals surface area contributed by atoms with Crippen molar-refractivity contribution in [3.8, 4) is 0 Å². The lowest BCUT2D eigenvalue weighted by Gasteiger charge is -2.09. The molecular weight excluding hydrogens is 322 g/mol. The van der Waals surface area contributed by atoms with Crippen LogP contribution < -0.4 is 0 Å². The van der Waals surface area contributed by atoms with Crippen LogP contribution in [0, 0.1) is 9.52 Å². The molecule has 5 heteroatoms. The fourth-order valence-corrected chi connectivity index (χ4v) is 2.73. The number of hydrogen-bond donors (Lipinski definition) is 0. The average molecular weight is 332 g/mol. The lowest BCUT2D eigenvalue weighted by Crippen LogP contribution is -2.10. The van der Waals surface area contributed by atoms with Crippen LogP contribution in [-0.4, -0.2) is 23.0 Å². The van der Waals surface area contributed by atoms with Crippen LogP contribution in [0.15, 0.2) is 18.2 Å². The maximum absolute atomic E-state index is 13.1. The Labute approximate surface area is 106 Å². The van der Waals surface area contributed by atoms with Crippen LogP contribution in [0.4, 0.5) is 4.39 Å². The molecule has 1 aliphatic rings. The number of aromatic nitrogens is 2. The summed E-state index contributed by atoms with van der Waals surface area (Å²) in [6.45, 7) is 1.48. The molecule has 2 aromatic rings. The maximum atomic E-state index is 13.1. The van der Waals surface area contributed by atoms with E-state index in [2.05, 4.69) is 27.7 Å². The molecule has 2 heterocycles. The first-order valence-corrected chi connectivity index (χ1v) is 6.24. The highest BCUT2D eigenvalue weighted by atomic mass is 127. The summed E-state index contributed by atoms with van der Waals surface area (Å²) in [4.78, 5) is 0. The number of benzene rings is 1. The van der Waals surface area contributed by atoms with Crippen LogP contribution >= 0.6 is 22.6 Å². The Bertz CT molecular complexity index is 534. The number of hydrogen-bond acceptors (Lipinski definition) is 2. The molecule has 0 spiro atoms. The van der Waals surface area contributed by atoms with Crippen LogP contribution in [0.5, 0.6) is 0 Å². The number of rotatable bonds is 1. The van der Waals surface area contributed by atoms with Crippen LogP contribution in [0.2, 0.25) is 0 Å². The molecule has 1 aromatic carbocycles. The first-order chi connectivity index (χ1) is 7.75. The quantitative estimate of drug-likeness (QED) is 0.751. The molecule has 0 radical (unpaired) electrons. The van der Waals surface area contributed by atoms with Gasteiger partial charge in [0, 0.05) is 12.0 Å². The van der Waals surface area contributed by atoms with E-state index in [4.69, 9.17) is 4.74 Å². The van der Waals surface area contributed by atoms with Crippen molar-refractivity contribution < 1.29 is 9.13 Å². The van der Waals surface area contributed by atoms with Crippen molar-refractivity contribution >= 4 is 33.5 Å². The van der Waals surface area contributed by atoms with Crippen LogP contribution in [0.1, 0.15) is 12.5 Å². The topological polar surface area (TPSA) is 27.1 Å². The molecule has 0 aliphatic carbocycles. The van der Waals surface area contributed by atoms with Crippen molar-refractivity contribution in [1.29, 1.82) is 0 Å². The Hall–Kier alpha value is -0.690. The molecule has 1 aromatic heterocycles. The molecule has 0 bridgehead atoms. The van der Waals surface area contributed by atoms with Crippen molar-refractivity contribution in [2.24, 2.45) is 0 Å². The molecule has 1 fully saturated rings. The Morgan fingerprint density at radius 2 is 2.38 bits per heavy atom. The van der Waals surface area contributed by atoms with Gasteiger partial charge in [-0.2, -0.15) is 5.10 Å². The second kappa shape index (κ2) is 3.96. The smallest absolute Gasteiger partial charge is 0.131 e. The first kappa shape index (κ1) is 10.5. The van der Waals surface area contributed by atoms with Crippen molar-refractivity contribution in [3.05, 3.63) is 27.7 Å². The normalized spacial score (nSPS) is 20.8. The van der Waals surface area contributed by atoms with Crippen LogP contribution in [0.3, 0.4) is 0 Å². The second-order valence-corrected chi connectivity index (χ2v) is 4.94. The summed E-state index contributed by atoms with van der Waals surface area (Å²) in [5.74, 6) is -0.215. The predicted octanol–water partition coefficient (Wildman–Crippen LogP) is 2.74. The zero-order chi connectivity index (χ0) is 11.1. The molecule has 1 atom stereocenters. The van der Waals surface area contributed by atoms with Gasteiger partial charge in [-0.25, -0.2) is 4.39 Å². The van der Waals surface area contributed by atoms with E-state index < -0.39 is 0 Å². The standard InChI is InChI=1S/C11H10FIN2O/c12-7-1-2-10-9(5-7)11(13)14-15(10)8-3-4-16-6-8/h1-2,5,8H,3-4,6H2/t8-/m1/s1. The summed E-state index contributed by atoms with van der Waals surface area (Å²) in [6, 6.07) is 5.09. The van der Waals surface area contributed by atoms with Gasteiger partial charge in [-0.15, -0.1) is 0 Å². The van der Waals surface area contributed by atoms with Crippen molar-refractivity contribution in [1.82, 2.24) is 9.78 Å². The zero-order valence-electron chi connectivity index (χ0n) is 8.49. The lowest BCUT2D eigenvalue weighted by atomic mass is 10.2. The number of fused-ring (bicyclic) bond motifs is 1.